The second-order valence-corrected chi connectivity index (χ2v) is 10.2. The van der Waals surface area contributed by atoms with Crippen LogP contribution >= 0.6 is 0 Å². The average molecular weight is 518 g/mol. The number of piperazine rings is 1. The number of anilines is 4. The Bertz CT molecular complexity index is 1190. The summed E-state index contributed by atoms with van der Waals surface area (Å²) in [5, 5.41) is 6.98. The topological polar surface area (TPSA) is 89.8 Å². The van der Waals surface area contributed by atoms with E-state index >= 15 is 0 Å². The summed E-state index contributed by atoms with van der Waals surface area (Å²) >= 11 is 0. The van der Waals surface area contributed by atoms with Gasteiger partial charge in [-0.15, -0.1) is 0 Å². The van der Waals surface area contributed by atoms with Crippen LogP contribution in [-0.2, 0) is 17.8 Å². The van der Waals surface area contributed by atoms with Crippen LogP contribution in [0.5, 0.6) is 0 Å². The second kappa shape index (κ2) is 11.9. The lowest BCUT2D eigenvalue weighted by Crippen LogP contribution is -2.48. The fraction of sp³-hybridized carbons (Fsp3) is 0.483. The van der Waals surface area contributed by atoms with Gasteiger partial charge in [0.05, 0.1) is 12.8 Å². The van der Waals surface area contributed by atoms with Gasteiger partial charge in [-0.1, -0.05) is 13.8 Å². The first kappa shape index (κ1) is 26.0. The molecule has 4 heterocycles. The highest BCUT2D eigenvalue weighted by molar-refractivity contribution is 5.73. The van der Waals surface area contributed by atoms with Crippen molar-refractivity contribution < 1.29 is 9.21 Å². The SMILES string of the molecule is CCC(CC)N1c2nc(Nc3ccc(N4CCN(C(C)=O)CC4)cc3)ncc2CC1CNCc1ccco1. The zero-order chi connectivity index (χ0) is 26.5. The lowest BCUT2D eigenvalue weighted by atomic mass is 10.1. The van der Waals surface area contributed by atoms with Crippen molar-refractivity contribution in [2.24, 2.45) is 0 Å². The van der Waals surface area contributed by atoms with Gasteiger partial charge in [0.2, 0.25) is 11.9 Å². The van der Waals surface area contributed by atoms with Crippen LogP contribution < -0.4 is 20.4 Å². The molecule has 0 spiro atoms. The van der Waals surface area contributed by atoms with E-state index in [9.17, 15) is 4.79 Å². The number of carbonyl (C=O) groups excluding carboxylic acids is 1. The normalized spacial score (nSPS) is 17.3. The van der Waals surface area contributed by atoms with Crippen LogP contribution in [0.25, 0.3) is 0 Å². The van der Waals surface area contributed by atoms with E-state index in [1.54, 1.807) is 13.2 Å². The van der Waals surface area contributed by atoms with E-state index < -0.39 is 0 Å². The van der Waals surface area contributed by atoms with Crippen LogP contribution in [0.4, 0.5) is 23.1 Å². The molecule has 2 aliphatic heterocycles. The molecule has 2 aromatic heterocycles. The van der Waals surface area contributed by atoms with Crippen LogP contribution in [0.1, 0.15) is 44.9 Å². The first-order chi connectivity index (χ1) is 18.6. The molecule has 9 nitrogen and oxygen atoms in total. The van der Waals surface area contributed by atoms with Gasteiger partial charge in [0.1, 0.15) is 11.6 Å². The van der Waals surface area contributed by atoms with Gasteiger partial charge in [0.25, 0.3) is 0 Å². The van der Waals surface area contributed by atoms with E-state index in [1.165, 1.54) is 11.3 Å². The number of nitrogens with zero attached hydrogens (tertiary/aromatic N) is 5. The van der Waals surface area contributed by atoms with Crippen molar-refractivity contribution >= 4 is 29.0 Å². The summed E-state index contributed by atoms with van der Waals surface area (Å²) in [7, 11) is 0. The first-order valence-electron chi connectivity index (χ1n) is 13.8. The quantitative estimate of drug-likeness (QED) is 0.414. The van der Waals surface area contributed by atoms with Gasteiger partial charge >= 0.3 is 0 Å². The van der Waals surface area contributed by atoms with E-state index in [0.717, 1.165) is 75.8 Å². The number of hydrogen-bond acceptors (Lipinski definition) is 8. The Morgan fingerprint density at radius 3 is 2.53 bits per heavy atom. The number of hydrogen-bond donors (Lipinski definition) is 2. The molecule has 38 heavy (non-hydrogen) atoms. The van der Waals surface area contributed by atoms with Crippen molar-refractivity contribution in [2.45, 2.75) is 58.7 Å². The monoisotopic (exact) mass is 517 g/mol. The maximum absolute atomic E-state index is 11.6. The Labute approximate surface area is 225 Å². The van der Waals surface area contributed by atoms with Gasteiger partial charge < -0.3 is 29.8 Å². The van der Waals surface area contributed by atoms with Crippen molar-refractivity contribution in [1.29, 1.82) is 0 Å². The Balaban J connectivity index is 1.25. The highest BCUT2D eigenvalue weighted by Gasteiger charge is 2.34. The number of rotatable bonds is 10. The molecule has 1 unspecified atom stereocenters. The Morgan fingerprint density at radius 2 is 1.87 bits per heavy atom. The molecular formula is C29H39N7O2. The number of fused-ring (bicyclic) bond motifs is 1. The predicted octanol–water partition coefficient (Wildman–Crippen LogP) is 4.19. The summed E-state index contributed by atoms with van der Waals surface area (Å²) in [6, 6.07) is 13.1. The smallest absolute Gasteiger partial charge is 0.229 e. The van der Waals surface area contributed by atoms with Gasteiger partial charge in [0.15, 0.2) is 0 Å². The Morgan fingerprint density at radius 1 is 1.11 bits per heavy atom. The van der Waals surface area contributed by atoms with E-state index in [2.05, 4.69) is 63.5 Å². The van der Waals surface area contributed by atoms with Gasteiger partial charge in [-0.3, -0.25) is 4.79 Å². The second-order valence-electron chi connectivity index (χ2n) is 10.2. The van der Waals surface area contributed by atoms with Gasteiger partial charge in [-0.05, 0) is 55.7 Å². The molecule has 1 aromatic carbocycles. The predicted molar refractivity (Wildman–Crippen MR) is 151 cm³/mol. The van der Waals surface area contributed by atoms with E-state index in [4.69, 9.17) is 9.40 Å². The van der Waals surface area contributed by atoms with E-state index in [1.807, 2.05) is 23.2 Å². The third kappa shape index (κ3) is 5.78. The maximum atomic E-state index is 11.6. The Kier molecular flexibility index (Phi) is 8.12. The average Bonchev–Trinajstić information content (AvgIpc) is 3.58. The number of aromatic nitrogens is 2. The molecule has 1 fully saturated rings. The summed E-state index contributed by atoms with van der Waals surface area (Å²) in [6.45, 7) is 11.0. The standard InChI is InChI=1S/C29H39N7O2/c1-4-24(5-2)36-26(19-30-20-27-7-6-16-38-27)17-22-18-31-29(33-28(22)36)32-23-8-10-25(11-9-23)35-14-12-34(13-15-35)21(3)37/h6-11,16,18,24,26,30H,4-5,12-15,17,19-20H2,1-3H3,(H,31,32,33). The molecule has 2 N–H and O–H groups in total. The molecule has 1 amide bonds. The molecule has 0 saturated carbocycles. The number of benzene rings is 1. The molecular weight excluding hydrogens is 478 g/mol. The zero-order valence-corrected chi connectivity index (χ0v) is 22.7. The number of nitrogens with one attached hydrogen (secondary N) is 2. The number of furan rings is 1. The summed E-state index contributed by atoms with van der Waals surface area (Å²) in [4.78, 5) is 28.0. The number of carbonyl (C=O) groups is 1. The minimum Gasteiger partial charge on any atom is -0.468 e. The van der Waals surface area contributed by atoms with Crippen molar-refractivity contribution in [2.75, 3.05) is 47.8 Å². The summed E-state index contributed by atoms with van der Waals surface area (Å²) in [5.41, 5.74) is 3.32. The maximum Gasteiger partial charge on any atom is 0.229 e. The van der Waals surface area contributed by atoms with Crippen molar-refractivity contribution in [3.8, 4) is 0 Å². The summed E-state index contributed by atoms with van der Waals surface area (Å²) in [6.07, 6.45) is 6.77. The molecule has 0 radical (unpaired) electrons. The van der Waals surface area contributed by atoms with Gasteiger partial charge in [0, 0.05) is 74.9 Å². The highest BCUT2D eigenvalue weighted by Crippen LogP contribution is 2.34. The molecule has 3 aromatic rings. The Hall–Kier alpha value is -3.59. The lowest BCUT2D eigenvalue weighted by Gasteiger charge is -2.35. The minimum atomic E-state index is 0.151. The molecule has 202 valence electrons. The van der Waals surface area contributed by atoms with Gasteiger partial charge in [-0.2, -0.15) is 4.98 Å². The van der Waals surface area contributed by atoms with Crippen molar-refractivity contribution in [3.05, 3.63) is 60.2 Å². The molecule has 1 atom stereocenters. The van der Waals surface area contributed by atoms with Gasteiger partial charge in [-0.25, -0.2) is 4.98 Å². The molecule has 5 rings (SSSR count). The largest absolute Gasteiger partial charge is 0.468 e. The van der Waals surface area contributed by atoms with Crippen molar-refractivity contribution in [1.82, 2.24) is 20.2 Å². The fourth-order valence-electron chi connectivity index (χ4n) is 5.61. The molecule has 1 saturated heterocycles. The van der Waals surface area contributed by atoms with E-state index in [-0.39, 0.29) is 5.91 Å². The summed E-state index contributed by atoms with van der Waals surface area (Å²) < 4.78 is 5.48. The van der Waals surface area contributed by atoms with Crippen molar-refractivity contribution in [3.63, 3.8) is 0 Å². The van der Waals surface area contributed by atoms with Crippen LogP contribution in [0, 0.1) is 0 Å². The van der Waals surface area contributed by atoms with Crippen LogP contribution in [0.3, 0.4) is 0 Å². The highest BCUT2D eigenvalue weighted by atomic mass is 16.3. The first-order valence-corrected chi connectivity index (χ1v) is 13.8. The zero-order valence-electron chi connectivity index (χ0n) is 22.7. The van der Waals surface area contributed by atoms with E-state index in [0.29, 0.717) is 18.0 Å². The number of amides is 1. The van der Waals surface area contributed by atoms with Crippen LogP contribution in [-0.4, -0.2) is 65.6 Å². The molecule has 2 aliphatic rings. The third-order valence-electron chi connectivity index (χ3n) is 7.74. The lowest BCUT2D eigenvalue weighted by molar-refractivity contribution is -0.129. The molecule has 9 heteroatoms. The summed E-state index contributed by atoms with van der Waals surface area (Å²) in [5.74, 6) is 2.76. The molecule has 0 aliphatic carbocycles. The van der Waals surface area contributed by atoms with Crippen LogP contribution in [0.2, 0.25) is 0 Å². The fourth-order valence-corrected chi connectivity index (χ4v) is 5.61. The minimum absolute atomic E-state index is 0.151. The molecule has 0 bridgehead atoms. The third-order valence-corrected chi connectivity index (χ3v) is 7.74. The van der Waals surface area contributed by atoms with Crippen LogP contribution in [0.15, 0.2) is 53.3 Å².